The molecule has 0 radical (unpaired) electrons. The molecule has 1 saturated heterocycles. The minimum atomic E-state index is -0.827. The summed E-state index contributed by atoms with van der Waals surface area (Å²) in [6.45, 7) is 6.28. The second-order valence-electron chi connectivity index (χ2n) is 5.61. The number of aromatic nitrogens is 1. The SMILES string of the molecule is CCCCc1nc(CN2CCCCC2C)sc1C(=O)O. The zero-order chi connectivity index (χ0) is 14.5. The Bertz CT molecular complexity index is 459. The van der Waals surface area contributed by atoms with Crippen molar-refractivity contribution in [2.45, 2.75) is 65.0 Å². The van der Waals surface area contributed by atoms with Gasteiger partial charge in [-0.2, -0.15) is 0 Å². The molecule has 2 heterocycles. The van der Waals surface area contributed by atoms with Gasteiger partial charge in [0.15, 0.2) is 0 Å². The van der Waals surface area contributed by atoms with E-state index < -0.39 is 5.97 Å². The summed E-state index contributed by atoms with van der Waals surface area (Å²) in [6, 6.07) is 0.583. The first kappa shape index (κ1) is 15.4. The van der Waals surface area contributed by atoms with Crippen molar-refractivity contribution in [3.8, 4) is 0 Å². The predicted octanol–water partition coefficient (Wildman–Crippen LogP) is 3.56. The summed E-state index contributed by atoms with van der Waals surface area (Å²) in [6.07, 6.45) is 6.63. The second-order valence-corrected chi connectivity index (χ2v) is 6.69. The second kappa shape index (κ2) is 7.18. The Morgan fingerprint density at radius 2 is 2.30 bits per heavy atom. The van der Waals surface area contributed by atoms with Crippen LogP contribution in [0.25, 0.3) is 0 Å². The molecule has 1 N–H and O–H groups in total. The van der Waals surface area contributed by atoms with Gasteiger partial charge in [-0.05, 0) is 39.2 Å². The van der Waals surface area contributed by atoms with Crippen molar-refractivity contribution in [2.24, 2.45) is 0 Å². The van der Waals surface area contributed by atoms with Gasteiger partial charge in [0.25, 0.3) is 0 Å². The average molecular weight is 296 g/mol. The first-order valence-corrected chi connectivity index (χ1v) is 8.39. The maximum Gasteiger partial charge on any atom is 0.347 e. The first-order chi connectivity index (χ1) is 9.61. The Kier molecular flexibility index (Phi) is 5.54. The number of likely N-dealkylation sites (tertiary alicyclic amines) is 1. The van der Waals surface area contributed by atoms with Gasteiger partial charge in [-0.1, -0.05) is 19.8 Å². The molecule has 1 aromatic rings. The number of carbonyl (C=O) groups is 1. The zero-order valence-corrected chi connectivity index (χ0v) is 13.2. The molecule has 5 heteroatoms. The molecule has 1 aromatic heterocycles. The van der Waals surface area contributed by atoms with Crippen molar-refractivity contribution in [3.05, 3.63) is 15.6 Å². The Morgan fingerprint density at radius 3 is 2.95 bits per heavy atom. The maximum absolute atomic E-state index is 11.3. The largest absolute Gasteiger partial charge is 0.477 e. The molecule has 4 nitrogen and oxygen atoms in total. The summed E-state index contributed by atoms with van der Waals surface area (Å²) in [5.41, 5.74) is 0.781. The molecule has 2 rings (SSSR count). The van der Waals surface area contributed by atoms with Crippen molar-refractivity contribution < 1.29 is 9.90 Å². The standard InChI is InChI=1S/C15H24N2O2S/c1-3-4-8-12-14(15(18)19)20-13(16-12)10-17-9-6-5-7-11(17)2/h11H,3-10H2,1-2H3,(H,18,19). The fourth-order valence-corrected chi connectivity index (χ4v) is 3.69. The normalized spacial score (nSPS) is 20.2. The van der Waals surface area contributed by atoms with Gasteiger partial charge in [-0.3, -0.25) is 4.90 Å². The smallest absolute Gasteiger partial charge is 0.347 e. The van der Waals surface area contributed by atoms with Crippen LogP contribution >= 0.6 is 11.3 Å². The van der Waals surface area contributed by atoms with Crippen LogP contribution in [-0.4, -0.2) is 33.5 Å². The number of unbranched alkanes of at least 4 members (excludes halogenated alkanes) is 1. The number of nitrogens with zero attached hydrogens (tertiary/aromatic N) is 2. The van der Waals surface area contributed by atoms with Crippen LogP contribution in [0.1, 0.15) is 66.3 Å². The van der Waals surface area contributed by atoms with E-state index in [2.05, 4.69) is 23.7 Å². The third-order valence-corrected chi connectivity index (χ3v) is 5.05. The van der Waals surface area contributed by atoms with E-state index in [0.29, 0.717) is 10.9 Å². The minimum absolute atomic E-state index is 0.443. The molecular formula is C15H24N2O2S. The van der Waals surface area contributed by atoms with Gasteiger partial charge in [0.1, 0.15) is 9.88 Å². The number of rotatable bonds is 6. The van der Waals surface area contributed by atoms with Gasteiger partial charge in [-0.15, -0.1) is 11.3 Å². The third kappa shape index (κ3) is 3.79. The highest BCUT2D eigenvalue weighted by Crippen LogP contribution is 2.25. The van der Waals surface area contributed by atoms with Crippen LogP contribution in [0.3, 0.4) is 0 Å². The van der Waals surface area contributed by atoms with E-state index in [1.807, 2.05) is 0 Å². The molecule has 0 saturated carbocycles. The molecule has 0 spiro atoms. The fourth-order valence-electron chi connectivity index (χ4n) is 2.72. The molecule has 20 heavy (non-hydrogen) atoms. The van der Waals surface area contributed by atoms with Crippen LogP contribution in [0.4, 0.5) is 0 Å². The van der Waals surface area contributed by atoms with Crippen LogP contribution in [0, 0.1) is 0 Å². The van der Waals surface area contributed by atoms with E-state index in [-0.39, 0.29) is 0 Å². The minimum Gasteiger partial charge on any atom is -0.477 e. The molecule has 0 amide bonds. The van der Waals surface area contributed by atoms with Crippen LogP contribution < -0.4 is 0 Å². The summed E-state index contributed by atoms with van der Waals surface area (Å²) in [5, 5.41) is 10.3. The van der Waals surface area contributed by atoms with E-state index in [0.717, 1.165) is 43.1 Å². The summed E-state index contributed by atoms with van der Waals surface area (Å²) in [4.78, 5) is 18.8. The quantitative estimate of drug-likeness (QED) is 0.872. The lowest BCUT2D eigenvalue weighted by Gasteiger charge is -2.32. The highest BCUT2D eigenvalue weighted by molar-refractivity contribution is 7.13. The molecule has 1 fully saturated rings. The Morgan fingerprint density at radius 1 is 1.50 bits per heavy atom. The van der Waals surface area contributed by atoms with E-state index in [1.165, 1.54) is 30.6 Å². The van der Waals surface area contributed by atoms with E-state index in [9.17, 15) is 9.90 Å². The number of aryl methyl sites for hydroxylation is 1. The summed E-state index contributed by atoms with van der Waals surface area (Å²) < 4.78 is 0. The number of carboxylic acids is 1. The average Bonchev–Trinajstić information content (AvgIpc) is 2.82. The number of hydrogen-bond acceptors (Lipinski definition) is 4. The van der Waals surface area contributed by atoms with E-state index in [4.69, 9.17) is 0 Å². The van der Waals surface area contributed by atoms with Crippen LogP contribution in [0.2, 0.25) is 0 Å². The third-order valence-electron chi connectivity index (χ3n) is 3.98. The molecule has 0 aliphatic carbocycles. The number of hydrogen-bond donors (Lipinski definition) is 1. The molecule has 1 aliphatic heterocycles. The molecule has 1 unspecified atom stereocenters. The van der Waals surface area contributed by atoms with Gasteiger partial charge in [0.05, 0.1) is 12.2 Å². The van der Waals surface area contributed by atoms with Gasteiger partial charge < -0.3 is 5.11 Å². The summed E-state index contributed by atoms with van der Waals surface area (Å²) in [5.74, 6) is -0.827. The maximum atomic E-state index is 11.3. The number of piperidine rings is 1. The molecule has 0 bridgehead atoms. The van der Waals surface area contributed by atoms with Gasteiger partial charge in [0.2, 0.25) is 0 Å². The first-order valence-electron chi connectivity index (χ1n) is 7.57. The van der Waals surface area contributed by atoms with Gasteiger partial charge in [0, 0.05) is 6.04 Å². The highest BCUT2D eigenvalue weighted by atomic mass is 32.1. The zero-order valence-electron chi connectivity index (χ0n) is 12.4. The lowest BCUT2D eigenvalue weighted by molar-refractivity contribution is 0.0700. The number of thiazole rings is 1. The Balaban J connectivity index is 2.09. The molecule has 0 aromatic carbocycles. The lowest BCUT2D eigenvalue weighted by Crippen LogP contribution is -2.36. The van der Waals surface area contributed by atoms with Crippen LogP contribution in [0.5, 0.6) is 0 Å². The fraction of sp³-hybridized carbons (Fsp3) is 0.733. The lowest BCUT2D eigenvalue weighted by atomic mass is 10.0. The molecule has 1 atom stereocenters. The van der Waals surface area contributed by atoms with Crippen molar-refractivity contribution >= 4 is 17.3 Å². The van der Waals surface area contributed by atoms with Crippen molar-refractivity contribution in [3.63, 3.8) is 0 Å². The Labute approximate surface area is 124 Å². The molecule has 1 aliphatic rings. The summed E-state index contributed by atoms with van der Waals surface area (Å²) in [7, 11) is 0. The predicted molar refractivity (Wildman–Crippen MR) is 81.4 cm³/mol. The van der Waals surface area contributed by atoms with Gasteiger partial charge >= 0.3 is 5.97 Å². The molecule has 112 valence electrons. The van der Waals surface area contributed by atoms with Crippen molar-refractivity contribution in [1.82, 2.24) is 9.88 Å². The molecular weight excluding hydrogens is 272 g/mol. The van der Waals surface area contributed by atoms with Crippen LogP contribution in [-0.2, 0) is 13.0 Å². The van der Waals surface area contributed by atoms with Crippen molar-refractivity contribution in [1.29, 1.82) is 0 Å². The van der Waals surface area contributed by atoms with E-state index >= 15 is 0 Å². The summed E-state index contributed by atoms with van der Waals surface area (Å²) >= 11 is 1.36. The number of carboxylic acid groups (broad SMARTS) is 1. The monoisotopic (exact) mass is 296 g/mol. The van der Waals surface area contributed by atoms with E-state index in [1.54, 1.807) is 0 Å². The van der Waals surface area contributed by atoms with Crippen LogP contribution in [0.15, 0.2) is 0 Å². The van der Waals surface area contributed by atoms with Gasteiger partial charge in [-0.25, -0.2) is 9.78 Å². The number of aromatic carboxylic acids is 1. The van der Waals surface area contributed by atoms with Crippen molar-refractivity contribution in [2.75, 3.05) is 6.54 Å². The highest BCUT2D eigenvalue weighted by Gasteiger charge is 2.22. The Hall–Kier alpha value is -0.940. The topological polar surface area (TPSA) is 53.4 Å².